The molecule has 1 fully saturated rings. The second kappa shape index (κ2) is 4.48. The molecule has 3 unspecified atom stereocenters. The van der Waals surface area contributed by atoms with E-state index in [0.29, 0.717) is 0 Å². The van der Waals surface area contributed by atoms with Crippen molar-refractivity contribution < 1.29 is 0 Å². The molecule has 1 aliphatic carbocycles. The molecule has 0 aromatic heterocycles. The number of hydrogen-bond donors (Lipinski definition) is 0. The first kappa shape index (κ1) is 11.1. The van der Waals surface area contributed by atoms with Crippen LogP contribution in [0.3, 0.4) is 0 Å². The fraction of sp³-hybridized carbons (Fsp3) is 1.00. The highest BCUT2D eigenvalue weighted by atomic mass is 14.5. The quantitative estimate of drug-likeness (QED) is 0.606. The first-order valence-electron chi connectivity index (χ1n) is 6.13. The van der Waals surface area contributed by atoms with E-state index in [9.17, 15) is 0 Å². The van der Waals surface area contributed by atoms with Crippen molar-refractivity contribution in [1.29, 1.82) is 0 Å². The Balaban J connectivity index is 2.50. The fourth-order valence-electron chi connectivity index (χ4n) is 3.41. The van der Waals surface area contributed by atoms with E-state index in [-0.39, 0.29) is 0 Å². The van der Waals surface area contributed by atoms with Crippen molar-refractivity contribution in [2.24, 2.45) is 29.6 Å². The lowest BCUT2D eigenvalue weighted by Crippen LogP contribution is -2.46. The van der Waals surface area contributed by atoms with Crippen LogP contribution in [0.2, 0.25) is 0 Å². The first-order chi connectivity index (χ1) is 6.13. The standard InChI is InChI=1S/C13H26/c1-6-8-12(7-2)13-10(4)9(3)11(13)5/h9-13H,6-8H2,1-5H3. The van der Waals surface area contributed by atoms with Gasteiger partial charge in [0.15, 0.2) is 0 Å². The van der Waals surface area contributed by atoms with Gasteiger partial charge in [-0.05, 0) is 29.6 Å². The molecule has 13 heavy (non-hydrogen) atoms. The molecule has 0 N–H and O–H groups in total. The van der Waals surface area contributed by atoms with E-state index in [0.717, 1.165) is 29.6 Å². The van der Waals surface area contributed by atoms with Crippen molar-refractivity contribution in [2.75, 3.05) is 0 Å². The van der Waals surface area contributed by atoms with Crippen LogP contribution in [0.1, 0.15) is 53.9 Å². The summed E-state index contributed by atoms with van der Waals surface area (Å²) < 4.78 is 0. The maximum absolute atomic E-state index is 2.45. The van der Waals surface area contributed by atoms with Crippen molar-refractivity contribution >= 4 is 0 Å². The van der Waals surface area contributed by atoms with Crippen LogP contribution in [0.25, 0.3) is 0 Å². The van der Waals surface area contributed by atoms with E-state index in [1.807, 2.05) is 0 Å². The predicted octanol–water partition coefficient (Wildman–Crippen LogP) is 4.35. The normalized spacial score (nSPS) is 41.3. The Bertz CT molecular complexity index is 140. The molecule has 0 saturated heterocycles. The average Bonchev–Trinajstić information content (AvgIpc) is 2.16. The zero-order valence-electron chi connectivity index (χ0n) is 10.0. The van der Waals surface area contributed by atoms with E-state index in [4.69, 9.17) is 0 Å². The molecule has 3 atom stereocenters. The summed E-state index contributed by atoms with van der Waals surface area (Å²) in [5.41, 5.74) is 0. The largest absolute Gasteiger partial charge is 0.0654 e. The van der Waals surface area contributed by atoms with Crippen LogP contribution < -0.4 is 0 Å². The Kier molecular flexibility index (Phi) is 3.82. The minimum Gasteiger partial charge on any atom is -0.0654 e. The van der Waals surface area contributed by atoms with Gasteiger partial charge in [-0.1, -0.05) is 53.9 Å². The van der Waals surface area contributed by atoms with E-state index in [1.165, 1.54) is 19.3 Å². The number of rotatable bonds is 4. The molecule has 0 heteroatoms. The maximum Gasteiger partial charge on any atom is -0.0329 e. The Morgan fingerprint density at radius 2 is 1.46 bits per heavy atom. The predicted molar refractivity (Wildman–Crippen MR) is 59.7 cm³/mol. The van der Waals surface area contributed by atoms with Crippen molar-refractivity contribution in [3.05, 3.63) is 0 Å². The Hall–Kier alpha value is 0. The molecular formula is C13H26. The van der Waals surface area contributed by atoms with Gasteiger partial charge in [-0.2, -0.15) is 0 Å². The lowest BCUT2D eigenvalue weighted by atomic mass is 9.54. The maximum atomic E-state index is 2.45. The molecule has 1 saturated carbocycles. The first-order valence-corrected chi connectivity index (χ1v) is 6.13. The summed E-state index contributed by atoms with van der Waals surface area (Å²) in [5, 5.41) is 0. The van der Waals surface area contributed by atoms with Crippen LogP contribution in [-0.4, -0.2) is 0 Å². The zero-order valence-corrected chi connectivity index (χ0v) is 10.0. The van der Waals surface area contributed by atoms with Crippen LogP contribution in [0.4, 0.5) is 0 Å². The zero-order chi connectivity index (χ0) is 10.0. The lowest BCUT2D eigenvalue weighted by molar-refractivity contribution is -0.0319. The van der Waals surface area contributed by atoms with Gasteiger partial charge in [-0.25, -0.2) is 0 Å². The lowest BCUT2D eigenvalue weighted by Gasteiger charge is -2.51. The van der Waals surface area contributed by atoms with Crippen LogP contribution in [-0.2, 0) is 0 Å². The Morgan fingerprint density at radius 1 is 0.923 bits per heavy atom. The number of hydrogen-bond acceptors (Lipinski definition) is 0. The van der Waals surface area contributed by atoms with Crippen molar-refractivity contribution in [2.45, 2.75) is 53.9 Å². The summed E-state index contributed by atoms with van der Waals surface area (Å²) in [5.74, 6) is 4.96. The summed E-state index contributed by atoms with van der Waals surface area (Å²) in [6, 6.07) is 0. The molecular weight excluding hydrogens is 156 g/mol. The van der Waals surface area contributed by atoms with Gasteiger partial charge in [0.05, 0.1) is 0 Å². The third-order valence-corrected chi connectivity index (χ3v) is 4.60. The van der Waals surface area contributed by atoms with E-state index >= 15 is 0 Å². The Labute approximate surface area is 84.1 Å². The summed E-state index contributed by atoms with van der Waals surface area (Å²) in [7, 11) is 0. The van der Waals surface area contributed by atoms with Gasteiger partial charge in [0.2, 0.25) is 0 Å². The minimum atomic E-state index is 0.968. The van der Waals surface area contributed by atoms with Crippen molar-refractivity contribution in [3.63, 3.8) is 0 Å². The minimum absolute atomic E-state index is 0.968. The van der Waals surface area contributed by atoms with E-state index < -0.39 is 0 Å². The van der Waals surface area contributed by atoms with Crippen LogP contribution >= 0.6 is 0 Å². The molecule has 1 aliphatic rings. The van der Waals surface area contributed by atoms with Crippen molar-refractivity contribution in [3.8, 4) is 0 Å². The SMILES string of the molecule is CCCC(CC)C1C(C)C(C)C1C. The van der Waals surface area contributed by atoms with Crippen molar-refractivity contribution in [1.82, 2.24) is 0 Å². The Morgan fingerprint density at radius 3 is 1.85 bits per heavy atom. The molecule has 0 amide bonds. The average molecular weight is 182 g/mol. The van der Waals surface area contributed by atoms with E-state index in [2.05, 4.69) is 34.6 Å². The monoisotopic (exact) mass is 182 g/mol. The summed E-state index contributed by atoms with van der Waals surface area (Å²) in [6.45, 7) is 12.0. The summed E-state index contributed by atoms with van der Waals surface area (Å²) >= 11 is 0. The van der Waals surface area contributed by atoms with Crippen LogP contribution in [0.15, 0.2) is 0 Å². The third-order valence-electron chi connectivity index (χ3n) is 4.60. The van der Waals surface area contributed by atoms with Gasteiger partial charge < -0.3 is 0 Å². The second-order valence-corrected chi connectivity index (χ2v) is 5.11. The molecule has 0 aromatic rings. The van der Waals surface area contributed by atoms with Gasteiger partial charge in [0.1, 0.15) is 0 Å². The third kappa shape index (κ3) is 1.92. The molecule has 0 radical (unpaired) electrons. The highest BCUT2D eigenvalue weighted by Gasteiger charge is 2.44. The molecule has 1 rings (SSSR count). The van der Waals surface area contributed by atoms with Gasteiger partial charge in [0, 0.05) is 0 Å². The van der Waals surface area contributed by atoms with Crippen LogP contribution in [0.5, 0.6) is 0 Å². The molecule has 0 spiro atoms. The van der Waals surface area contributed by atoms with Gasteiger partial charge in [0.25, 0.3) is 0 Å². The second-order valence-electron chi connectivity index (χ2n) is 5.11. The van der Waals surface area contributed by atoms with Crippen LogP contribution in [0, 0.1) is 29.6 Å². The van der Waals surface area contributed by atoms with Gasteiger partial charge >= 0.3 is 0 Å². The van der Waals surface area contributed by atoms with E-state index in [1.54, 1.807) is 0 Å². The summed E-state index contributed by atoms with van der Waals surface area (Å²) in [4.78, 5) is 0. The highest BCUT2D eigenvalue weighted by Crippen LogP contribution is 2.50. The van der Waals surface area contributed by atoms with Gasteiger partial charge in [-0.15, -0.1) is 0 Å². The molecule has 0 aromatic carbocycles. The highest BCUT2D eigenvalue weighted by molar-refractivity contribution is 4.93. The molecule has 0 aliphatic heterocycles. The van der Waals surface area contributed by atoms with Gasteiger partial charge in [-0.3, -0.25) is 0 Å². The molecule has 0 nitrogen and oxygen atoms in total. The molecule has 0 bridgehead atoms. The smallest absolute Gasteiger partial charge is 0.0329 e. The molecule has 0 heterocycles. The fourth-order valence-corrected chi connectivity index (χ4v) is 3.41. The molecule has 78 valence electrons. The topological polar surface area (TPSA) is 0 Å². The summed E-state index contributed by atoms with van der Waals surface area (Å²) in [6.07, 6.45) is 4.20.